The van der Waals surface area contributed by atoms with E-state index >= 15 is 0 Å². The maximum atomic E-state index is 10.9. The Labute approximate surface area is 201 Å². The molecule has 0 saturated heterocycles. The zero-order valence-corrected chi connectivity index (χ0v) is 20.5. The fourth-order valence-electron chi connectivity index (χ4n) is 3.15. The number of carbonyl (C=O) groups is 1. The van der Waals surface area contributed by atoms with Gasteiger partial charge in [0.15, 0.2) is 11.5 Å². The number of carboxylic acid groups (broad SMARTS) is 1. The lowest BCUT2D eigenvalue weighted by Crippen LogP contribution is -2.16. The highest BCUT2D eigenvalue weighted by atomic mass is 35.5. The van der Waals surface area contributed by atoms with E-state index in [0.29, 0.717) is 36.0 Å². The van der Waals surface area contributed by atoms with Crippen molar-refractivity contribution in [3.63, 3.8) is 0 Å². The zero-order chi connectivity index (χ0) is 24.2. The summed E-state index contributed by atoms with van der Waals surface area (Å²) in [6.07, 6.45) is 14.4. The summed E-state index contributed by atoms with van der Waals surface area (Å²) in [7, 11) is 0. The number of benzene rings is 1. The van der Waals surface area contributed by atoms with Crippen LogP contribution in [0.25, 0.3) is 0 Å². The molecule has 0 spiro atoms. The van der Waals surface area contributed by atoms with Crippen LogP contribution in [0.3, 0.4) is 0 Å². The minimum atomic E-state index is -0.849. The summed E-state index contributed by atoms with van der Waals surface area (Å²) in [5, 5.41) is 9.64. The van der Waals surface area contributed by atoms with Crippen molar-refractivity contribution < 1.29 is 24.1 Å². The van der Waals surface area contributed by atoms with Gasteiger partial charge in [-0.2, -0.15) is 0 Å². The fourth-order valence-corrected chi connectivity index (χ4v) is 3.29. The largest absolute Gasteiger partial charge is 0.493 e. The van der Waals surface area contributed by atoms with Gasteiger partial charge in [-0.25, -0.2) is 0 Å². The molecular weight excluding hydrogens is 440 g/mol. The first kappa shape index (κ1) is 26.3. The standard InChI is InChI=1S/C27H33ClO5/c1-5-6-7-8-20(3)32-25-13-10-23(28)11-14-26(25)33-21(4)15-16-31-24-12-9-22(17-19(24)2)18-27(29)30/h5-9,11-14,17,20-21H,10,15-16,18H2,1-4H3,(H,29,30)/b6-5-,8-7-. The first-order valence-electron chi connectivity index (χ1n) is 11.1. The van der Waals surface area contributed by atoms with E-state index in [1.807, 2.05) is 82.4 Å². The van der Waals surface area contributed by atoms with Crippen molar-refractivity contribution in [3.8, 4) is 5.75 Å². The summed E-state index contributed by atoms with van der Waals surface area (Å²) in [6, 6.07) is 5.44. The number of hydrogen-bond donors (Lipinski definition) is 1. The molecule has 6 heteroatoms. The van der Waals surface area contributed by atoms with Crippen LogP contribution < -0.4 is 4.74 Å². The van der Waals surface area contributed by atoms with E-state index in [1.54, 1.807) is 6.07 Å². The average Bonchev–Trinajstić information content (AvgIpc) is 2.91. The van der Waals surface area contributed by atoms with Gasteiger partial charge in [-0.15, -0.1) is 0 Å². The fraction of sp³-hybridized carbons (Fsp3) is 0.370. The number of rotatable bonds is 12. The molecule has 2 rings (SSSR count). The molecule has 0 heterocycles. The van der Waals surface area contributed by atoms with Crippen molar-refractivity contribution >= 4 is 17.6 Å². The first-order chi connectivity index (χ1) is 15.8. The molecule has 0 amide bonds. The molecule has 1 N–H and O–H groups in total. The molecule has 0 bridgehead atoms. The summed E-state index contributed by atoms with van der Waals surface area (Å²) in [4.78, 5) is 10.9. The van der Waals surface area contributed by atoms with Gasteiger partial charge in [-0.05, 0) is 69.2 Å². The molecule has 2 unspecified atom stereocenters. The molecule has 0 aliphatic heterocycles. The number of carboxylic acids is 1. The lowest BCUT2D eigenvalue weighted by molar-refractivity contribution is -0.136. The highest BCUT2D eigenvalue weighted by molar-refractivity contribution is 6.29. The van der Waals surface area contributed by atoms with Gasteiger partial charge in [0.1, 0.15) is 11.9 Å². The van der Waals surface area contributed by atoms with Crippen molar-refractivity contribution in [3.05, 3.63) is 88.4 Å². The molecule has 0 saturated carbocycles. The molecule has 1 aromatic rings. The maximum absolute atomic E-state index is 10.9. The Morgan fingerprint density at radius 3 is 2.67 bits per heavy atom. The second-order valence-corrected chi connectivity index (χ2v) is 8.37. The predicted octanol–water partition coefficient (Wildman–Crippen LogP) is 6.63. The third kappa shape index (κ3) is 9.62. The number of allylic oxidation sites excluding steroid dienone is 7. The van der Waals surface area contributed by atoms with Crippen molar-refractivity contribution in [2.24, 2.45) is 0 Å². The van der Waals surface area contributed by atoms with Gasteiger partial charge in [-0.3, -0.25) is 4.79 Å². The maximum Gasteiger partial charge on any atom is 0.307 e. The zero-order valence-electron chi connectivity index (χ0n) is 19.7. The second kappa shape index (κ2) is 13.6. The Bertz CT molecular complexity index is 955. The summed E-state index contributed by atoms with van der Waals surface area (Å²) >= 11 is 6.22. The quantitative estimate of drug-likeness (QED) is 0.346. The highest BCUT2D eigenvalue weighted by Gasteiger charge is 2.16. The van der Waals surface area contributed by atoms with Gasteiger partial charge >= 0.3 is 5.97 Å². The van der Waals surface area contributed by atoms with Gasteiger partial charge < -0.3 is 19.3 Å². The Morgan fingerprint density at radius 1 is 1.18 bits per heavy atom. The molecule has 5 nitrogen and oxygen atoms in total. The lowest BCUT2D eigenvalue weighted by Gasteiger charge is -2.21. The van der Waals surface area contributed by atoms with Crippen LogP contribution in [0.2, 0.25) is 0 Å². The lowest BCUT2D eigenvalue weighted by atomic mass is 10.1. The third-order valence-corrected chi connectivity index (χ3v) is 5.12. The van der Waals surface area contributed by atoms with Crippen molar-refractivity contribution in [2.75, 3.05) is 6.61 Å². The van der Waals surface area contributed by atoms with Crippen LogP contribution in [-0.2, 0) is 20.7 Å². The van der Waals surface area contributed by atoms with Crippen LogP contribution in [0.4, 0.5) is 0 Å². The van der Waals surface area contributed by atoms with Crippen LogP contribution >= 0.6 is 11.6 Å². The molecule has 33 heavy (non-hydrogen) atoms. The van der Waals surface area contributed by atoms with Gasteiger partial charge in [0.05, 0.1) is 19.1 Å². The number of hydrogen-bond acceptors (Lipinski definition) is 4. The minimum absolute atomic E-state index is 0.00119. The van der Waals surface area contributed by atoms with E-state index in [0.717, 1.165) is 16.9 Å². The van der Waals surface area contributed by atoms with E-state index < -0.39 is 5.97 Å². The van der Waals surface area contributed by atoms with E-state index in [9.17, 15) is 4.79 Å². The molecular formula is C27H33ClO5. The second-order valence-electron chi connectivity index (χ2n) is 7.89. The number of ether oxygens (including phenoxy) is 3. The van der Waals surface area contributed by atoms with Gasteiger partial charge in [0, 0.05) is 17.9 Å². The SMILES string of the molecule is C/C=C\C=C/C(C)OC1=CCC(Cl)=CC=C1OC(C)CCOc1ccc(CC(=O)O)cc1C. The first-order valence-corrected chi connectivity index (χ1v) is 11.5. The Hall–Kier alpha value is -2.92. The summed E-state index contributed by atoms with van der Waals surface area (Å²) in [5.41, 5.74) is 1.66. The summed E-state index contributed by atoms with van der Waals surface area (Å²) in [6.45, 7) is 8.29. The molecule has 1 aliphatic carbocycles. The third-order valence-electron chi connectivity index (χ3n) is 4.84. The van der Waals surface area contributed by atoms with Crippen molar-refractivity contribution in [2.45, 2.75) is 59.2 Å². The van der Waals surface area contributed by atoms with Crippen LogP contribution in [0.1, 0.15) is 44.7 Å². The molecule has 1 aliphatic rings. The monoisotopic (exact) mass is 472 g/mol. The van der Waals surface area contributed by atoms with Crippen LogP contribution in [-0.4, -0.2) is 29.9 Å². The molecule has 178 valence electrons. The van der Waals surface area contributed by atoms with E-state index in [4.69, 9.17) is 30.9 Å². The van der Waals surface area contributed by atoms with Crippen molar-refractivity contribution in [1.82, 2.24) is 0 Å². The van der Waals surface area contributed by atoms with Gasteiger partial charge in [0.25, 0.3) is 0 Å². The highest BCUT2D eigenvalue weighted by Crippen LogP contribution is 2.26. The molecule has 2 atom stereocenters. The Balaban J connectivity index is 1.93. The Morgan fingerprint density at radius 2 is 1.97 bits per heavy atom. The molecule has 0 radical (unpaired) electrons. The van der Waals surface area contributed by atoms with Gasteiger partial charge in [0.2, 0.25) is 0 Å². The average molecular weight is 473 g/mol. The number of halogens is 1. The van der Waals surface area contributed by atoms with E-state index in [-0.39, 0.29) is 18.6 Å². The van der Waals surface area contributed by atoms with E-state index in [2.05, 4.69) is 0 Å². The normalized spacial score (nSPS) is 16.0. The van der Waals surface area contributed by atoms with Crippen molar-refractivity contribution in [1.29, 1.82) is 0 Å². The number of aryl methyl sites for hydroxylation is 1. The smallest absolute Gasteiger partial charge is 0.307 e. The predicted molar refractivity (Wildman–Crippen MR) is 132 cm³/mol. The molecule has 0 aromatic heterocycles. The summed E-state index contributed by atoms with van der Waals surface area (Å²) < 4.78 is 18.2. The topological polar surface area (TPSA) is 65.0 Å². The van der Waals surface area contributed by atoms with Crippen LogP contribution in [0, 0.1) is 6.92 Å². The van der Waals surface area contributed by atoms with Crippen LogP contribution in [0.15, 0.2) is 77.3 Å². The molecule has 1 aromatic carbocycles. The Kier molecular flexibility index (Phi) is 10.8. The summed E-state index contributed by atoms with van der Waals surface area (Å²) in [5.74, 6) is 1.19. The van der Waals surface area contributed by atoms with Gasteiger partial charge in [-0.1, -0.05) is 42.0 Å². The number of aliphatic carboxylic acids is 1. The van der Waals surface area contributed by atoms with E-state index in [1.165, 1.54) is 0 Å². The molecule has 0 fully saturated rings. The van der Waals surface area contributed by atoms with Crippen LogP contribution in [0.5, 0.6) is 5.75 Å². The minimum Gasteiger partial charge on any atom is -0.493 e.